The second-order valence-electron chi connectivity index (χ2n) is 11.5. The molecule has 1 N–H and O–H groups in total. The lowest BCUT2D eigenvalue weighted by Crippen LogP contribution is -2.70. The van der Waals surface area contributed by atoms with Gasteiger partial charge in [-0.05, 0) is 57.1 Å². The number of allylic oxidation sites excluding steroid dienone is 4. The number of aliphatic hydroxyl groups excluding tert-OH is 1. The summed E-state index contributed by atoms with van der Waals surface area (Å²) < 4.78 is 33.5. The van der Waals surface area contributed by atoms with Gasteiger partial charge in [0, 0.05) is 29.6 Å². The third-order valence-electron chi connectivity index (χ3n) is 9.67. The normalized spacial score (nSPS) is 42.1. The summed E-state index contributed by atoms with van der Waals surface area (Å²) in [6.45, 7) is 7.73. The lowest BCUT2D eigenvalue weighted by molar-refractivity contribution is -0.222. The number of rotatable bonds is 6. The Morgan fingerprint density at radius 3 is 2.54 bits per heavy atom. The maximum Gasteiger partial charge on any atom is 0.509 e. The van der Waals surface area contributed by atoms with Crippen LogP contribution in [0.5, 0.6) is 0 Å². The highest BCUT2D eigenvalue weighted by Crippen LogP contribution is 2.71. The van der Waals surface area contributed by atoms with Crippen LogP contribution in [-0.4, -0.2) is 59.4 Å². The topological polar surface area (TPSA) is 116 Å². The van der Waals surface area contributed by atoms with Crippen LogP contribution >= 0.6 is 0 Å². The molecule has 0 spiro atoms. The SMILES string of the molecule is CCCOC(=O)O[C@]1(C(=O)COC(C)=O)[C@H](C)C[C@H]2[C@@H]3CCC4=CC(=O)C=C[C@]4(C)[C@@]3(F)[C@@H](O)C[C@@]21C. The Morgan fingerprint density at radius 2 is 1.89 bits per heavy atom. The van der Waals surface area contributed by atoms with Crippen LogP contribution in [0.1, 0.15) is 66.7 Å². The van der Waals surface area contributed by atoms with Gasteiger partial charge in [0.2, 0.25) is 5.78 Å². The van der Waals surface area contributed by atoms with Crippen LogP contribution in [0.25, 0.3) is 0 Å². The number of carbonyl (C=O) groups excluding carboxylic acids is 4. The summed E-state index contributed by atoms with van der Waals surface area (Å²) in [6, 6.07) is 0. The number of hydrogen-bond acceptors (Lipinski definition) is 8. The van der Waals surface area contributed by atoms with Gasteiger partial charge >= 0.3 is 12.1 Å². The Bertz CT molecular complexity index is 1070. The van der Waals surface area contributed by atoms with Gasteiger partial charge in [-0.25, -0.2) is 9.18 Å². The first-order chi connectivity index (χ1) is 17.3. The van der Waals surface area contributed by atoms with E-state index in [1.54, 1.807) is 26.8 Å². The van der Waals surface area contributed by atoms with Gasteiger partial charge in [0.25, 0.3) is 0 Å². The second-order valence-corrected chi connectivity index (χ2v) is 11.5. The number of fused-ring (bicyclic) bond motifs is 5. The smallest absolute Gasteiger partial charge is 0.458 e. The quantitative estimate of drug-likeness (QED) is 0.522. The number of ether oxygens (including phenoxy) is 3. The Hall–Kier alpha value is -2.55. The van der Waals surface area contributed by atoms with E-state index in [1.807, 2.05) is 6.92 Å². The lowest BCUT2D eigenvalue weighted by Gasteiger charge is -2.62. The molecule has 0 amide bonds. The number of carbonyl (C=O) groups is 4. The van der Waals surface area contributed by atoms with Gasteiger partial charge in [0.15, 0.2) is 23.7 Å². The van der Waals surface area contributed by atoms with Crippen molar-refractivity contribution in [2.24, 2.45) is 28.6 Å². The van der Waals surface area contributed by atoms with Crippen molar-refractivity contribution in [3.8, 4) is 0 Å². The number of halogens is 1. The van der Waals surface area contributed by atoms with Gasteiger partial charge < -0.3 is 19.3 Å². The molecule has 8 atom stereocenters. The first-order valence-corrected chi connectivity index (χ1v) is 13.1. The van der Waals surface area contributed by atoms with Crippen molar-refractivity contribution in [1.29, 1.82) is 0 Å². The fraction of sp³-hybridized carbons (Fsp3) is 0.714. The molecular formula is C28H37FO8. The van der Waals surface area contributed by atoms with E-state index in [0.717, 1.165) is 0 Å². The molecular weight excluding hydrogens is 483 g/mol. The van der Waals surface area contributed by atoms with Crippen LogP contribution in [-0.2, 0) is 28.6 Å². The van der Waals surface area contributed by atoms with Crippen LogP contribution in [0.15, 0.2) is 23.8 Å². The first kappa shape index (κ1) is 27.5. The number of Topliss-reactive ketones (excluding diaryl/α,β-unsaturated/α-hetero) is 1. The average Bonchev–Trinajstić information content (AvgIpc) is 3.04. The van der Waals surface area contributed by atoms with Crippen LogP contribution in [0, 0.1) is 28.6 Å². The summed E-state index contributed by atoms with van der Waals surface area (Å²) in [5, 5.41) is 11.6. The van der Waals surface area contributed by atoms with Crippen LogP contribution in [0.2, 0.25) is 0 Å². The highest BCUT2D eigenvalue weighted by molar-refractivity contribution is 6.01. The number of alkyl halides is 1. The molecule has 0 bridgehead atoms. The molecule has 0 aromatic heterocycles. The molecule has 0 unspecified atom stereocenters. The van der Waals surface area contributed by atoms with Gasteiger partial charge in [-0.1, -0.05) is 32.4 Å². The summed E-state index contributed by atoms with van der Waals surface area (Å²) >= 11 is 0. The Labute approximate surface area is 216 Å². The third-order valence-corrected chi connectivity index (χ3v) is 9.67. The van der Waals surface area contributed by atoms with Crippen LogP contribution < -0.4 is 0 Å². The molecule has 4 aliphatic carbocycles. The fourth-order valence-corrected chi connectivity index (χ4v) is 8.02. The second kappa shape index (κ2) is 9.33. The molecule has 0 saturated heterocycles. The highest BCUT2D eigenvalue weighted by atomic mass is 19.1. The monoisotopic (exact) mass is 520 g/mol. The van der Waals surface area contributed by atoms with E-state index < -0.39 is 70.5 Å². The van der Waals surface area contributed by atoms with Gasteiger partial charge in [-0.2, -0.15) is 0 Å². The summed E-state index contributed by atoms with van der Waals surface area (Å²) in [4.78, 5) is 50.1. The van der Waals surface area contributed by atoms with Crippen molar-refractivity contribution in [2.45, 2.75) is 84.1 Å². The van der Waals surface area contributed by atoms with E-state index in [0.29, 0.717) is 31.3 Å². The molecule has 0 aromatic rings. The molecule has 3 fully saturated rings. The zero-order valence-electron chi connectivity index (χ0n) is 22.2. The van der Waals surface area contributed by atoms with Crippen molar-refractivity contribution >= 4 is 23.7 Å². The summed E-state index contributed by atoms with van der Waals surface area (Å²) in [5.41, 5.74) is -5.54. The largest absolute Gasteiger partial charge is 0.509 e. The first-order valence-electron chi connectivity index (χ1n) is 13.1. The fourth-order valence-electron chi connectivity index (χ4n) is 8.02. The van der Waals surface area contributed by atoms with E-state index in [-0.39, 0.29) is 18.8 Å². The zero-order chi connectivity index (χ0) is 27.4. The number of ketones is 2. The van der Waals surface area contributed by atoms with E-state index in [1.165, 1.54) is 19.1 Å². The minimum atomic E-state index is -2.09. The maximum absolute atomic E-state index is 17.4. The van der Waals surface area contributed by atoms with E-state index in [2.05, 4.69) is 0 Å². The molecule has 4 rings (SSSR count). The Balaban J connectivity index is 1.79. The van der Waals surface area contributed by atoms with Crippen molar-refractivity contribution in [3.63, 3.8) is 0 Å². The summed E-state index contributed by atoms with van der Waals surface area (Å²) in [6.07, 6.45) is 3.46. The molecule has 0 aliphatic heterocycles. The highest BCUT2D eigenvalue weighted by Gasteiger charge is 2.77. The van der Waals surface area contributed by atoms with Crippen molar-refractivity contribution in [3.05, 3.63) is 23.8 Å². The Morgan fingerprint density at radius 1 is 1.19 bits per heavy atom. The molecule has 204 valence electrons. The standard InChI is InChI=1S/C28H37FO8/c1-6-11-35-24(34)37-28(23(33)15-36-17(3)30)16(2)12-21-20-8-7-18-13-19(31)9-10-25(18,4)27(20,29)22(32)14-26(21,28)5/h9-10,13,16,20-22,32H,6-8,11-12,14-15H2,1-5H3/t16-,20+,21+,22+,25+,26+,27+,28+/m1/s1. The summed E-state index contributed by atoms with van der Waals surface area (Å²) in [7, 11) is 0. The van der Waals surface area contributed by atoms with Gasteiger partial charge in [-0.3, -0.25) is 14.4 Å². The predicted octanol–water partition coefficient (Wildman–Crippen LogP) is 4.04. The molecule has 8 nitrogen and oxygen atoms in total. The zero-order valence-corrected chi connectivity index (χ0v) is 22.2. The van der Waals surface area contributed by atoms with E-state index in [9.17, 15) is 24.3 Å². The van der Waals surface area contributed by atoms with Gasteiger partial charge in [0.1, 0.15) is 0 Å². The van der Waals surface area contributed by atoms with Crippen molar-refractivity contribution in [2.75, 3.05) is 13.2 Å². The lowest BCUT2D eigenvalue weighted by atomic mass is 9.44. The number of hydrogen-bond donors (Lipinski definition) is 1. The van der Waals surface area contributed by atoms with Gasteiger partial charge in [0.05, 0.1) is 12.7 Å². The molecule has 3 saturated carbocycles. The third kappa shape index (κ3) is 3.79. The molecule has 37 heavy (non-hydrogen) atoms. The van der Waals surface area contributed by atoms with Crippen LogP contribution in [0.3, 0.4) is 0 Å². The minimum absolute atomic E-state index is 0.0962. The maximum atomic E-state index is 17.4. The van der Waals surface area contributed by atoms with E-state index in [4.69, 9.17) is 14.2 Å². The molecule has 0 aromatic carbocycles. The number of aliphatic hydroxyl groups is 1. The minimum Gasteiger partial charge on any atom is -0.458 e. The van der Waals surface area contributed by atoms with E-state index >= 15 is 4.39 Å². The van der Waals surface area contributed by atoms with Crippen LogP contribution in [0.4, 0.5) is 9.18 Å². The summed E-state index contributed by atoms with van der Waals surface area (Å²) in [5.74, 6) is -3.12. The molecule has 0 heterocycles. The number of esters is 1. The Kier molecular flexibility index (Phi) is 6.93. The van der Waals surface area contributed by atoms with Crippen molar-refractivity contribution in [1.82, 2.24) is 0 Å². The average molecular weight is 521 g/mol. The molecule has 0 radical (unpaired) electrons. The molecule has 9 heteroatoms. The van der Waals surface area contributed by atoms with Crippen molar-refractivity contribution < 1.29 is 42.9 Å². The molecule has 4 aliphatic rings. The predicted molar refractivity (Wildman–Crippen MR) is 130 cm³/mol. The van der Waals surface area contributed by atoms with Gasteiger partial charge in [-0.15, -0.1) is 0 Å².